The van der Waals surface area contributed by atoms with Gasteiger partial charge in [-0.25, -0.2) is 4.39 Å². The SMILES string of the molecule is O=C(CCC(=O)c1ccc2c(c1)OCO2)NCCc1ccccc1F. The molecule has 130 valence electrons. The number of fused-ring (bicyclic) bond motifs is 1. The smallest absolute Gasteiger partial charge is 0.231 e. The molecule has 3 rings (SSSR count). The van der Waals surface area contributed by atoms with Crippen LogP contribution in [0.4, 0.5) is 4.39 Å². The lowest BCUT2D eigenvalue weighted by molar-refractivity contribution is -0.121. The van der Waals surface area contributed by atoms with Crippen molar-refractivity contribution >= 4 is 11.7 Å². The maximum atomic E-state index is 13.5. The van der Waals surface area contributed by atoms with Gasteiger partial charge in [-0.3, -0.25) is 9.59 Å². The number of benzene rings is 2. The van der Waals surface area contributed by atoms with Gasteiger partial charge in [0.25, 0.3) is 0 Å². The molecule has 2 aromatic rings. The van der Waals surface area contributed by atoms with E-state index in [1.807, 2.05) is 0 Å². The van der Waals surface area contributed by atoms with Crippen LogP contribution >= 0.6 is 0 Å². The van der Waals surface area contributed by atoms with Gasteiger partial charge in [-0.15, -0.1) is 0 Å². The van der Waals surface area contributed by atoms with Crippen LogP contribution in [-0.2, 0) is 11.2 Å². The molecular formula is C19H18FNO4. The maximum Gasteiger partial charge on any atom is 0.231 e. The summed E-state index contributed by atoms with van der Waals surface area (Å²) >= 11 is 0. The Balaban J connectivity index is 1.43. The first kappa shape index (κ1) is 17.0. The summed E-state index contributed by atoms with van der Waals surface area (Å²) in [5, 5.41) is 2.70. The van der Waals surface area contributed by atoms with Gasteiger partial charge in [0.1, 0.15) is 5.82 Å². The van der Waals surface area contributed by atoms with Gasteiger partial charge in [-0.2, -0.15) is 0 Å². The van der Waals surface area contributed by atoms with Gasteiger partial charge in [0.15, 0.2) is 17.3 Å². The Labute approximate surface area is 144 Å². The quantitative estimate of drug-likeness (QED) is 0.785. The Hall–Kier alpha value is -2.89. The van der Waals surface area contributed by atoms with Gasteiger partial charge >= 0.3 is 0 Å². The first-order valence-electron chi connectivity index (χ1n) is 8.06. The van der Waals surface area contributed by atoms with E-state index in [9.17, 15) is 14.0 Å². The highest BCUT2D eigenvalue weighted by Gasteiger charge is 2.16. The molecular weight excluding hydrogens is 325 g/mol. The molecule has 1 heterocycles. The molecule has 1 aliphatic heterocycles. The lowest BCUT2D eigenvalue weighted by Crippen LogP contribution is -2.26. The van der Waals surface area contributed by atoms with Crippen LogP contribution in [0.5, 0.6) is 11.5 Å². The highest BCUT2D eigenvalue weighted by molar-refractivity contribution is 5.98. The molecule has 0 bridgehead atoms. The average Bonchev–Trinajstić information content (AvgIpc) is 3.09. The van der Waals surface area contributed by atoms with Crippen LogP contribution in [0.2, 0.25) is 0 Å². The Bertz CT molecular complexity index is 791. The number of amides is 1. The fourth-order valence-corrected chi connectivity index (χ4v) is 2.57. The van der Waals surface area contributed by atoms with E-state index in [0.29, 0.717) is 35.6 Å². The first-order valence-corrected chi connectivity index (χ1v) is 8.06. The molecule has 25 heavy (non-hydrogen) atoms. The van der Waals surface area contributed by atoms with Crippen LogP contribution in [0.15, 0.2) is 42.5 Å². The second-order valence-electron chi connectivity index (χ2n) is 5.68. The Morgan fingerprint density at radius 1 is 1.04 bits per heavy atom. The molecule has 0 radical (unpaired) electrons. The van der Waals surface area contributed by atoms with Crippen molar-refractivity contribution in [2.45, 2.75) is 19.3 Å². The van der Waals surface area contributed by atoms with E-state index in [1.165, 1.54) is 6.07 Å². The Morgan fingerprint density at radius 2 is 1.84 bits per heavy atom. The summed E-state index contributed by atoms with van der Waals surface area (Å²) in [6.07, 6.45) is 0.601. The molecule has 1 amide bonds. The number of carbonyl (C=O) groups excluding carboxylic acids is 2. The van der Waals surface area contributed by atoms with E-state index in [1.54, 1.807) is 36.4 Å². The Morgan fingerprint density at radius 3 is 2.68 bits per heavy atom. The summed E-state index contributed by atoms with van der Waals surface area (Å²) in [6, 6.07) is 11.4. The third-order valence-corrected chi connectivity index (χ3v) is 3.95. The largest absolute Gasteiger partial charge is 0.454 e. The molecule has 0 saturated heterocycles. The minimum atomic E-state index is -0.283. The third kappa shape index (κ3) is 4.35. The highest BCUT2D eigenvalue weighted by Crippen LogP contribution is 2.32. The minimum absolute atomic E-state index is 0.0878. The minimum Gasteiger partial charge on any atom is -0.454 e. The lowest BCUT2D eigenvalue weighted by Gasteiger charge is -2.06. The van der Waals surface area contributed by atoms with E-state index in [0.717, 1.165) is 0 Å². The van der Waals surface area contributed by atoms with E-state index >= 15 is 0 Å². The standard InChI is InChI=1S/C19H18FNO4/c20-15-4-2-1-3-13(15)9-10-21-19(23)8-6-16(22)14-5-7-17-18(11-14)25-12-24-17/h1-5,7,11H,6,8-10,12H2,(H,21,23). The second-order valence-corrected chi connectivity index (χ2v) is 5.68. The number of halogens is 1. The third-order valence-electron chi connectivity index (χ3n) is 3.95. The fraction of sp³-hybridized carbons (Fsp3) is 0.263. The first-order chi connectivity index (χ1) is 12.1. The van der Waals surface area contributed by atoms with Gasteiger partial charge in [0.05, 0.1) is 0 Å². The molecule has 6 heteroatoms. The summed E-state index contributed by atoms with van der Waals surface area (Å²) in [6.45, 7) is 0.482. The number of hydrogen-bond donors (Lipinski definition) is 1. The van der Waals surface area contributed by atoms with Crippen molar-refractivity contribution < 1.29 is 23.5 Å². The van der Waals surface area contributed by atoms with Crippen LogP contribution in [-0.4, -0.2) is 25.0 Å². The van der Waals surface area contributed by atoms with E-state index in [2.05, 4.69) is 5.32 Å². The monoisotopic (exact) mass is 343 g/mol. The molecule has 0 saturated carbocycles. The summed E-state index contributed by atoms with van der Waals surface area (Å²) in [5.74, 6) is 0.505. The van der Waals surface area contributed by atoms with Crippen molar-refractivity contribution in [1.29, 1.82) is 0 Å². The Kier molecular flexibility index (Phi) is 5.28. The van der Waals surface area contributed by atoms with Crippen molar-refractivity contribution in [2.24, 2.45) is 0 Å². The zero-order chi connectivity index (χ0) is 17.6. The van der Waals surface area contributed by atoms with E-state index in [4.69, 9.17) is 9.47 Å². The normalized spacial score (nSPS) is 12.0. The number of rotatable bonds is 7. The molecule has 0 atom stereocenters. The van der Waals surface area contributed by atoms with Crippen molar-refractivity contribution in [2.75, 3.05) is 13.3 Å². The van der Waals surface area contributed by atoms with Gasteiger partial charge in [-0.1, -0.05) is 18.2 Å². The number of Topliss-reactive ketones (excluding diaryl/α,β-unsaturated/α-hetero) is 1. The van der Waals surface area contributed by atoms with Crippen molar-refractivity contribution in [1.82, 2.24) is 5.32 Å². The number of hydrogen-bond acceptors (Lipinski definition) is 4. The topological polar surface area (TPSA) is 64.6 Å². The van der Waals surface area contributed by atoms with Crippen LogP contribution in [0, 0.1) is 5.82 Å². The van der Waals surface area contributed by atoms with Gasteiger partial charge < -0.3 is 14.8 Å². The average molecular weight is 343 g/mol. The molecule has 0 spiro atoms. The molecule has 0 fully saturated rings. The van der Waals surface area contributed by atoms with E-state index < -0.39 is 0 Å². The molecule has 1 aliphatic rings. The van der Waals surface area contributed by atoms with Crippen molar-refractivity contribution in [3.05, 3.63) is 59.4 Å². The number of ketones is 1. The molecule has 0 aromatic heterocycles. The van der Waals surface area contributed by atoms with Gasteiger partial charge in [-0.05, 0) is 36.2 Å². The maximum absolute atomic E-state index is 13.5. The van der Waals surface area contributed by atoms with Crippen molar-refractivity contribution in [3.63, 3.8) is 0 Å². The summed E-state index contributed by atoms with van der Waals surface area (Å²) < 4.78 is 23.9. The number of carbonyl (C=O) groups is 2. The highest BCUT2D eigenvalue weighted by atomic mass is 19.1. The molecule has 0 aliphatic carbocycles. The predicted octanol–water partition coefficient (Wildman–Crippen LogP) is 2.88. The van der Waals surface area contributed by atoms with E-state index in [-0.39, 0.29) is 37.1 Å². The number of nitrogens with one attached hydrogen (secondary N) is 1. The van der Waals surface area contributed by atoms with Crippen LogP contribution in [0.3, 0.4) is 0 Å². The zero-order valence-corrected chi connectivity index (χ0v) is 13.6. The lowest BCUT2D eigenvalue weighted by atomic mass is 10.1. The molecule has 2 aromatic carbocycles. The second kappa shape index (κ2) is 7.79. The fourth-order valence-electron chi connectivity index (χ4n) is 2.57. The summed E-state index contributed by atoms with van der Waals surface area (Å²) in [4.78, 5) is 24.0. The van der Waals surface area contributed by atoms with Crippen LogP contribution in [0.1, 0.15) is 28.8 Å². The number of ether oxygens (including phenoxy) is 2. The van der Waals surface area contributed by atoms with Gasteiger partial charge in [0, 0.05) is 24.9 Å². The molecule has 0 unspecified atom stereocenters. The zero-order valence-electron chi connectivity index (χ0n) is 13.6. The van der Waals surface area contributed by atoms with Crippen molar-refractivity contribution in [3.8, 4) is 11.5 Å². The van der Waals surface area contributed by atoms with Crippen LogP contribution in [0.25, 0.3) is 0 Å². The summed E-state index contributed by atoms with van der Waals surface area (Å²) in [7, 11) is 0. The van der Waals surface area contributed by atoms with Crippen LogP contribution < -0.4 is 14.8 Å². The predicted molar refractivity (Wildman–Crippen MR) is 89.2 cm³/mol. The summed E-state index contributed by atoms with van der Waals surface area (Å²) in [5.41, 5.74) is 1.04. The van der Waals surface area contributed by atoms with Gasteiger partial charge in [0.2, 0.25) is 12.7 Å². The molecule has 5 nitrogen and oxygen atoms in total. The molecule has 1 N–H and O–H groups in total.